The quantitative estimate of drug-likeness (QED) is 0.796. The van der Waals surface area contributed by atoms with Crippen molar-refractivity contribution in [3.8, 4) is 0 Å². The van der Waals surface area contributed by atoms with Crippen LogP contribution in [0.15, 0.2) is 27.5 Å². The Hall–Kier alpha value is -3.03. The first-order valence-corrected chi connectivity index (χ1v) is 7.37. The Morgan fingerprint density at radius 2 is 2.12 bits per heavy atom. The highest BCUT2D eigenvalue weighted by molar-refractivity contribution is 6.04. The number of carbonyl (C=O) groups excluding carboxylic acids is 1. The third-order valence-electron chi connectivity index (χ3n) is 3.70. The molecule has 0 bridgehead atoms. The Morgan fingerprint density at radius 1 is 1.38 bits per heavy atom. The molecule has 0 saturated heterocycles. The summed E-state index contributed by atoms with van der Waals surface area (Å²) < 4.78 is 20.0. The molecule has 0 spiro atoms. The fraction of sp³-hybridized carbons (Fsp3) is 0.250. The lowest BCUT2D eigenvalue weighted by Gasteiger charge is -2.10. The van der Waals surface area contributed by atoms with Gasteiger partial charge in [-0.1, -0.05) is 5.16 Å². The standard InChI is InChI=1S/C16H15FN4O3/c1-4-21-12-6-5-10(17)7-11(12)15(22)14(19-21)16(23)18-13-8(2)20-24-9(13)3/h5-7H,4H2,1-3H3,(H,18,23). The number of hydrogen-bond donors (Lipinski definition) is 1. The molecule has 0 unspecified atom stereocenters. The van der Waals surface area contributed by atoms with Crippen LogP contribution in [0.3, 0.4) is 0 Å². The molecule has 124 valence electrons. The maximum atomic E-state index is 13.5. The summed E-state index contributed by atoms with van der Waals surface area (Å²) >= 11 is 0. The highest BCUT2D eigenvalue weighted by Crippen LogP contribution is 2.19. The van der Waals surface area contributed by atoms with Crippen LogP contribution in [-0.2, 0) is 6.54 Å². The van der Waals surface area contributed by atoms with Crippen LogP contribution in [0, 0.1) is 19.7 Å². The molecule has 7 nitrogen and oxygen atoms in total. The van der Waals surface area contributed by atoms with E-state index in [1.165, 1.54) is 16.8 Å². The summed E-state index contributed by atoms with van der Waals surface area (Å²) in [6.07, 6.45) is 0. The molecule has 1 N–H and O–H groups in total. The average molecular weight is 330 g/mol. The van der Waals surface area contributed by atoms with Gasteiger partial charge in [-0.3, -0.25) is 14.3 Å². The number of aryl methyl sites for hydroxylation is 3. The zero-order valence-corrected chi connectivity index (χ0v) is 13.4. The molecule has 8 heteroatoms. The Labute approximate surface area is 136 Å². The number of nitrogens with zero attached hydrogens (tertiary/aromatic N) is 3. The number of carbonyl (C=O) groups is 1. The first-order valence-electron chi connectivity index (χ1n) is 7.37. The van der Waals surface area contributed by atoms with Gasteiger partial charge in [0, 0.05) is 6.54 Å². The van der Waals surface area contributed by atoms with Crippen LogP contribution in [-0.4, -0.2) is 20.8 Å². The number of benzene rings is 1. The van der Waals surface area contributed by atoms with Gasteiger partial charge in [0.2, 0.25) is 5.43 Å². The van der Waals surface area contributed by atoms with Gasteiger partial charge in [0.25, 0.3) is 5.91 Å². The van der Waals surface area contributed by atoms with Gasteiger partial charge in [-0.05, 0) is 39.0 Å². The van der Waals surface area contributed by atoms with E-state index in [9.17, 15) is 14.0 Å². The zero-order chi connectivity index (χ0) is 17.4. The molecule has 1 aromatic carbocycles. The number of fused-ring (bicyclic) bond motifs is 1. The Morgan fingerprint density at radius 3 is 2.75 bits per heavy atom. The normalized spacial score (nSPS) is 11.0. The van der Waals surface area contributed by atoms with Gasteiger partial charge in [0.1, 0.15) is 17.2 Å². The van der Waals surface area contributed by atoms with Crippen molar-refractivity contribution in [2.45, 2.75) is 27.3 Å². The monoisotopic (exact) mass is 330 g/mol. The van der Waals surface area contributed by atoms with Crippen LogP contribution in [0.1, 0.15) is 28.9 Å². The number of rotatable bonds is 3. The fourth-order valence-corrected chi connectivity index (χ4v) is 2.49. The molecule has 0 fully saturated rings. The van der Waals surface area contributed by atoms with Crippen molar-refractivity contribution in [2.24, 2.45) is 0 Å². The molecule has 0 atom stereocenters. The molecule has 1 amide bonds. The molecule has 0 aliphatic carbocycles. The fourth-order valence-electron chi connectivity index (χ4n) is 2.49. The Balaban J connectivity index is 2.14. The number of anilines is 1. The summed E-state index contributed by atoms with van der Waals surface area (Å²) in [6.45, 7) is 5.55. The van der Waals surface area contributed by atoms with Crippen molar-refractivity contribution in [2.75, 3.05) is 5.32 Å². The maximum Gasteiger partial charge on any atom is 0.280 e. The molecule has 0 aliphatic heterocycles. The predicted octanol–water partition coefficient (Wildman–Crippen LogP) is 2.41. The third-order valence-corrected chi connectivity index (χ3v) is 3.70. The van der Waals surface area contributed by atoms with Crippen LogP contribution in [0.2, 0.25) is 0 Å². The van der Waals surface area contributed by atoms with E-state index < -0.39 is 17.2 Å². The van der Waals surface area contributed by atoms with E-state index in [4.69, 9.17) is 4.52 Å². The van der Waals surface area contributed by atoms with Crippen LogP contribution in [0.5, 0.6) is 0 Å². The molecular weight excluding hydrogens is 315 g/mol. The minimum absolute atomic E-state index is 0.107. The number of nitrogens with one attached hydrogen (secondary N) is 1. The van der Waals surface area contributed by atoms with Crippen molar-refractivity contribution < 1.29 is 13.7 Å². The lowest BCUT2D eigenvalue weighted by Crippen LogP contribution is -2.27. The molecule has 24 heavy (non-hydrogen) atoms. The van der Waals surface area contributed by atoms with Crippen LogP contribution in [0.4, 0.5) is 10.1 Å². The number of amides is 1. The second-order valence-corrected chi connectivity index (χ2v) is 5.31. The minimum atomic E-state index is -0.692. The van der Waals surface area contributed by atoms with Crippen molar-refractivity contribution >= 4 is 22.5 Å². The first kappa shape index (κ1) is 15.9. The molecule has 2 aromatic heterocycles. The second-order valence-electron chi connectivity index (χ2n) is 5.31. The van der Waals surface area contributed by atoms with Gasteiger partial charge >= 0.3 is 0 Å². The van der Waals surface area contributed by atoms with Gasteiger partial charge in [0.05, 0.1) is 10.9 Å². The largest absolute Gasteiger partial charge is 0.359 e. The molecule has 0 radical (unpaired) electrons. The topological polar surface area (TPSA) is 90.0 Å². The highest BCUT2D eigenvalue weighted by atomic mass is 19.1. The number of halogens is 1. The second kappa shape index (κ2) is 5.88. The van der Waals surface area contributed by atoms with Crippen LogP contribution >= 0.6 is 0 Å². The Bertz CT molecular complexity index is 987. The Kier molecular flexibility index (Phi) is 3.88. The number of hydrogen-bond acceptors (Lipinski definition) is 5. The van der Waals surface area contributed by atoms with E-state index in [1.54, 1.807) is 13.8 Å². The SMILES string of the molecule is CCn1nc(C(=O)Nc2c(C)noc2C)c(=O)c2cc(F)ccc21. The lowest BCUT2D eigenvalue weighted by molar-refractivity contribution is 0.101. The van der Waals surface area contributed by atoms with Crippen molar-refractivity contribution in [1.29, 1.82) is 0 Å². The van der Waals surface area contributed by atoms with Crippen LogP contribution < -0.4 is 10.7 Å². The van der Waals surface area contributed by atoms with Gasteiger partial charge < -0.3 is 9.84 Å². The molecule has 3 aromatic rings. The summed E-state index contributed by atoms with van der Waals surface area (Å²) in [4.78, 5) is 25.0. The summed E-state index contributed by atoms with van der Waals surface area (Å²) in [6, 6.07) is 3.83. The molecule has 2 heterocycles. The van der Waals surface area contributed by atoms with Gasteiger partial charge in [0.15, 0.2) is 11.5 Å². The van der Waals surface area contributed by atoms with Gasteiger partial charge in [-0.25, -0.2) is 4.39 Å². The smallest absolute Gasteiger partial charge is 0.280 e. The summed E-state index contributed by atoms with van der Waals surface area (Å²) in [5.74, 6) is -0.822. The third kappa shape index (κ3) is 2.55. The highest BCUT2D eigenvalue weighted by Gasteiger charge is 2.20. The van der Waals surface area contributed by atoms with E-state index in [-0.39, 0.29) is 11.1 Å². The van der Waals surface area contributed by atoms with Crippen molar-refractivity contribution in [3.63, 3.8) is 0 Å². The molecule has 0 aliphatic rings. The van der Waals surface area contributed by atoms with Crippen LogP contribution in [0.25, 0.3) is 10.9 Å². The van der Waals surface area contributed by atoms with E-state index in [0.717, 1.165) is 6.07 Å². The van der Waals surface area contributed by atoms with Gasteiger partial charge in [-0.2, -0.15) is 5.10 Å². The minimum Gasteiger partial charge on any atom is -0.359 e. The summed E-state index contributed by atoms with van der Waals surface area (Å²) in [7, 11) is 0. The molecule has 3 rings (SSSR count). The molecular formula is C16H15FN4O3. The average Bonchev–Trinajstić information content (AvgIpc) is 2.87. The maximum absolute atomic E-state index is 13.5. The van der Waals surface area contributed by atoms with E-state index >= 15 is 0 Å². The first-order chi connectivity index (χ1) is 11.4. The summed E-state index contributed by atoms with van der Waals surface area (Å²) in [5, 5.41) is 10.5. The molecule has 0 saturated carbocycles. The summed E-state index contributed by atoms with van der Waals surface area (Å²) in [5.41, 5.74) is 0.415. The van der Waals surface area contributed by atoms with E-state index in [0.29, 0.717) is 29.2 Å². The van der Waals surface area contributed by atoms with Gasteiger partial charge in [-0.15, -0.1) is 0 Å². The van der Waals surface area contributed by atoms with Crippen molar-refractivity contribution in [3.05, 3.63) is 51.4 Å². The van der Waals surface area contributed by atoms with E-state index in [1.807, 2.05) is 6.92 Å². The van der Waals surface area contributed by atoms with E-state index in [2.05, 4.69) is 15.6 Å². The predicted molar refractivity (Wildman–Crippen MR) is 85.6 cm³/mol. The van der Waals surface area contributed by atoms with Crippen molar-refractivity contribution in [1.82, 2.24) is 14.9 Å². The zero-order valence-electron chi connectivity index (χ0n) is 13.4. The number of aromatic nitrogens is 3. The lowest BCUT2D eigenvalue weighted by atomic mass is 10.2.